The minimum absolute atomic E-state index is 0.399. The van der Waals surface area contributed by atoms with Gasteiger partial charge in [0.05, 0.1) is 5.69 Å². The molecule has 1 atom stereocenters. The molecule has 0 fully saturated rings. The second-order valence-electron chi connectivity index (χ2n) is 6.65. The summed E-state index contributed by atoms with van der Waals surface area (Å²) in [5, 5.41) is 12.3. The van der Waals surface area contributed by atoms with Crippen LogP contribution in [-0.2, 0) is 17.9 Å². The van der Waals surface area contributed by atoms with Crippen molar-refractivity contribution >= 4 is 11.6 Å². The second kappa shape index (κ2) is 8.68. The fourth-order valence-corrected chi connectivity index (χ4v) is 2.98. The number of rotatable bonds is 9. The van der Waals surface area contributed by atoms with E-state index in [1.807, 2.05) is 67.0 Å². The highest BCUT2D eigenvalue weighted by Gasteiger charge is 2.15. The largest absolute Gasteiger partial charge is 0.487 e. The number of carbonyl (C=O) groups is 1. The lowest BCUT2D eigenvalue weighted by Crippen LogP contribution is -2.35. The molecular formula is C21H25N3O3. The maximum atomic E-state index is 11.2. The Kier molecular flexibility index (Phi) is 6.08. The molecule has 6 heteroatoms. The molecule has 27 heavy (non-hydrogen) atoms. The van der Waals surface area contributed by atoms with Crippen LogP contribution in [0.15, 0.2) is 48.8 Å². The fraction of sp³-hybridized carbons (Fsp3) is 0.333. The number of nitrogens with zero attached hydrogens (tertiary/aromatic N) is 2. The van der Waals surface area contributed by atoms with E-state index >= 15 is 0 Å². The summed E-state index contributed by atoms with van der Waals surface area (Å²) in [5.74, 6) is -0.0460. The van der Waals surface area contributed by atoms with Gasteiger partial charge >= 0.3 is 5.97 Å². The Morgan fingerprint density at radius 1 is 1.30 bits per heavy atom. The zero-order chi connectivity index (χ0) is 19.2. The number of nitrogens with one attached hydrogen (secondary N) is 1. The average Bonchev–Trinajstić information content (AvgIpc) is 3.09. The van der Waals surface area contributed by atoms with Gasteiger partial charge in [-0.2, -0.15) is 0 Å². The number of aryl methyl sites for hydroxylation is 1. The van der Waals surface area contributed by atoms with Crippen LogP contribution in [0.2, 0.25) is 0 Å². The van der Waals surface area contributed by atoms with E-state index in [9.17, 15) is 9.90 Å². The van der Waals surface area contributed by atoms with Crippen molar-refractivity contribution in [2.45, 2.75) is 45.9 Å². The number of hydrogen-bond donors (Lipinski definition) is 2. The molecule has 0 aliphatic carbocycles. The maximum Gasteiger partial charge on any atom is 0.320 e. The molecule has 0 saturated carbocycles. The molecule has 3 aromatic rings. The van der Waals surface area contributed by atoms with E-state index in [1.165, 1.54) is 0 Å². The number of carboxylic acids is 1. The van der Waals surface area contributed by atoms with E-state index in [2.05, 4.69) is 10.3 Å². The fourth-order valence-electron chi connectivity index (χ4n) is 2.98. The van der Waals surface area contributed by atoms with Crippen LogP contribution in [0.25, 0.3) is 5.65 Å². The van der Waals surface area contributed by atoms with Crippen molar-refractivity contribution in [2.75, 3.05) is 0 Å². The quantitative estimate of drug-likeness (QED) is 0.605. The normalized spacial score (nSPS) is 12.2. The highest BCUT2D eigenvalue weighted by atomic mass is 16.5. The summed E-state index contributed by atoms with van der Waals surface area (Å²) in [5.41, 5.74) is 3.97. The lowest BCUT2D eigenvalue weighted by atomic mass is 10.1. The Balaban J connectivity index is 1.55. The van der Waals surface area contributed by atoms with Gasteiger partial charge < -0.3 is 19.6 Å². The second-order valence-corrected chi connectivity index (χ2v) is 6.65. The Morgan fingerprint density at radius 2 is 2.07 bits per heavy atom. The third kappa shape index (κ3) is 4.86. The van der Waals surface area contributed by atoms with Crippen LogP contribution in [0.1, 0.15) is 36.6 Å². The monoisotopic (exact) mass is 367 g/mol. The Labute approximate surface area is 158 Å². The number of aromatic nitrogens is 2. The van der Waals surface area contributed by atoms with Crippen molar-refractivity contribution in [2.24, 2.45) is 0 Å². The first-order valence-electron chi connectivity index (χ1n) is 9.18. The van der Waals surface area contributed by atoms with Crippen molar-refractivity contribution < 1.29 is 14.6 Å². The molecule has 0 amide bonds. The molecule has 0 aliphatic rings. The lowest BCUT2D eigenvalue weighted by Gasteiger charge is -2.13. The highest BCUT2D eigenvalue weighted by molar-refractivity contribution is 5.73. The summed E-state index contributed by atoms with van der Waals surface area (Å²) < 4.78 is 7.83. The van der Waals surface area contributed by atoms with Crippen LogP contribution in [0, 0.1) is 6.92 Å². The first-order valence-corrected chi connectivity index (χ1v) is 9.18. The Morgan fingerprint density at radius 3 is 2.74 bits per heavy atom. The van der Waals surface area contributed by atoms with Gasteiger partial charge in [-0.25, -0.2) is 4.98 Å². The molecule has 0 spiro atoms. The van der Waals surface area contributed by atoms with E-state index in [0.29, 0.717) is 19.6 Å². The third-order valence-electron chi connectivity index (χ3n) is 4.47. The van der Waals surface area contributed by atoms with Crippen molar-refractivity contribution in [3.63, 3.8) is 0 Å². The standard InChI is InChI=1S/C21H25N3O3/c1-3-5-19(21(25)26)22-12-16-7-9-18(10-8-16)27-14-17-13-24-11-4-6-15(2)20(24)23-17/h4,6-11,13,19,22H,3,5,12,14H2,1-2H3,(H,25,26). The van der Waals surface area contributed by atoms with E-state index in [-0.39, 0.29) is 0 Å². The van der Waals surface area contributed by atoms with Gasteiger partial charge in [-0.05, 0) is 42.7 Å². The smallest absolute Gasteiger partial charge is 0.320 e. The zero-order valence-corrected chi connectivity index (χ0v) is 15.7. The molecule has 3 rings (SSSR count). The number of benzene rings is 1. The minimum Gasteiger partial charge on any atom is -0.487 e. The van der Waals surface area contributed by atoms with Gasteiger partial charge in [0.1, 0.15) is 24.0 Å². The molecule has 1 unspecified atom stereocenters. The Hall–Kier alpha value is -2.86. The SMILES string of the molecule is CCCC(NCc1ccc(OCc2cn3cccc(C)c3n2)cc1)C(=O)O. The van der Waals surface area contributed by atoms with Crippen molar-refractivity contribution in [1.29, 1.82) is 0 Å². The lowest BCUT2D eigenvalue weighted by molar-refractivity contribution is -0.139. The van der Waals surface area contributed by atoms with Crippen molar-refractivity contribution in [3.8, 4) is 5.75 Å². The zero-order valence-electron chi connectivity index (χ0n) is 15.7. The molecule has 0 radical (unpaired) electrons. The van der Waals surface area contributed by atoms with Gasteiger partial charge in [0.25, 0.3) is 0 Å². The van der Waals surface area contributed by atoms with Crippen LogP contribution >= 0.6 is 0 Å². The number of pyridine rings is 1. The number of carboxylic acid groups (broad SMARTS) is 1. The van der Waals surface area contributed by atoms with E-state index < -0.39 is 12.0 Å². The van der Waals surface area contributed by atoms with E-state index in [1.54, 1.807) is 0 Å². The summed E-state index contributed by atoms with van der Waals surface area (Å²) >= 11 is 0. The van der Waals surface area contributed by atoms with E-state index in [0.717, 1.165) is 34.6 Å². The van der Waals surface area contributed by atoms with Gasteiger partial charge in [-0.3, -0.25) is 4.79 Å². The van der Waals surface area contributed by atoms with Crippen molar-refractivity contribution in [3.05, 3.63) is 65.6 Å². The molecular weight excluding hydrogens is 342 g/mol. The number of fused-ring (bicyclic) bond motifs is 1. The Bertz CT molecular complexity index is 903. The minimum atomic E-state index is -0.806. The predicted octanol–water partition coefficient (Wildman–Crippen LogP) is 3.56. The summed E-state index contributed by atoms with van der Waals surface area (Å²) in [7, 11) is 0. The molecule has 6 nitrogen and oxygen atoms in total. The van der Waals surface area contributed by atoms with Gasteiger partial charge in [-0.15, -0.1) is 0 Å². The molecule has 2 heterocycles. The third-order valence-corrected chi connectivity index (χ3v) is 4.47. The van der Waals surface area contributed by atoms with Gasteiger partial charge in [0.15, 0.2) is 0 Å². The molecule has 0 saturated heterocycles. The topological polar surface area (TPSA) is 75.9 Å². The predicted molar refractivity (Wildman–Crippen MR) is 104 cm³/mol. The van der Waals surface area contributed by atoms with Crippen LogP contribution < -0.4 is 10.1 Å². The number of imidazole rings is 1. The number of hydrogen-bond acceptors (Lipinski definition) is 4. The number of ether oxygens (including phenoxy) is 1. The van der Waals surface area contributed by atoms with Crippen LogP contribution in [-0.4, -0.2) is 26.5 Å². The van der Waals surface area contributed by atoms with Gasteiger partial charge in [0, 0.05) is 18.9 Å². The van der Waals surface area contributed by atoms with Crippen LogP contribution in [0.4, 0.5) is 0 Å². The van der Waals surface area contributed by atoms with Gasteiger partial charge in [-0.1, -0.05) is 31.5 Å². The van der Waals surface area contributed by atoms with E-state index in [4.69, 9.17) is 4.74 Å². The molecule has 142 valence electrons. The van der Waals surface area contributed by atoms with Crippen LogP contribution in [0.3, 0.4) is 0 Å². The summed E-state index contributed by atoms with van der Waals surface area (Å²) in [6, 6.07) is 11.2. The first kappa shape index (κ1) is 18.9. The average molecular weight is 367 g/mol. The molecule has 0 aliphatic heterocycles. The summed E-state index contributed by atoms with van der Waals surface area (Å²) in [6.07, 6.45) is 5.40. The number of aliphatic carboxylic acids is 1. The summed E-state index contributed by atoms with van der Waals surface area (Å²) in [6.45, 7) is 4.93. The van der Waals surface area contributed by atoms with Crippen LogP contribution in [0.5, 0.6) is 5.75 Å². The molecule has 1 aromatic carbocycles. The molecule has 2 aromatic heterocycles. The highest BCUT2D eigenvalue weighted by Crippen LogP contribution is 2.16. The van der Waals surface area contributed by atoms with Crippen molar-refractivity contribution in [1.82, 2.24) is 14.7 Å². The van der Waals surface area contributed by atoms with Gasteiger partial charge in [0.2, 0.25) is 0 Å². The molecule has 0 bridgehead atoms. The summed E-state index contributed by atoms with van der Waals surface area (Å²) in [4.78, 5) is 15.8. The maximum absolute atomic E-state index is 11.2. The first-order chi connectivity index (χ1) is 13.1. The molecule has 2 N–H and O–H groups in total.